The van der Waals surface area contributed by atoms with Gasteiger partial charge in [0, 0.05) is 13.8 Å². The Kier molecular flexibility index (Phi) is 24.0. The zero-order chi connectivity index (χ0) is 61.2. The average Bonchev–Trinajstić information content (AvgIpc) is 3.65. The van der Waals surface area contributed by atoms with Crippen molar-refractivity contribution < 1.29 is 173 Å². The van der Waals surface area contributed by atoms with Crippen LogP contribution in [0.2, 0.25) is 0 Å². The minimum absolute atomic E-state index is 0.858. The third kappa shape index (κ3) is 14.7. The zero-order valence-corrected chi connectivity index (χ0v) is 44.5. The molecule has 7 saturated heterocycles. The summed E-state index contributed by atoms with van der Waals surface area (Å²) in [7, 11) is 0. The fourth-order valence-electron chi connectivity index (χ4n) is 10.6. The molecular formula is C46H78N2O35. The minimum atomic E-state index is -2.30. The molecule has 7 fully saturated rings. The lowest BCUT2D eigenvalue weighted by Crippen LogP contribution is -2.70. The van der Waals surface area contributed by atoms with E-state index < -0.39 is 266 Å². The Labute approximate surface area is 470 Å². The van der Waals surface area contributed by atoms with Crippen LogP contribution in [0.3, 0.4) is 0 Å². The smallest absolute Gasteiger partial charge is 0.217 e. The molecule has 83 heavy (non-hydrogen) atoms. The quantitative estimate of drug-likeness (QED) is 0.0538. The van der Waals surface area contributed by atoms with Crippen LogP contribution in [0.25, 0.3) is 0 Å². The summed E-state index contributed by atoms with van der Waals surface area (Å²) < 4.78 is 75.0. The van der Waals surface area contributed by atoms with Gasteiger partial charge in [-0.15, -0.1) is 0 Å². The Morgan fingerprint density at radius 3 is 1.24 bits per heavy atom. The topological polar surface area (TPSA) is 583 Å². The lowest BCUT2D eigenvalue weighted by atomic mass is 9.94. The molecule has 7 aliphatic heterocycles. The summed E-state index contributed by atoms with van der Waals surface area (Å²) in [6.07, 6.45) is -63.0. The van der Waals surface area contributed by atoms with Gasteiger partial charge in [0.15, 0.2) is 44.0 Å². The monoisotopic (exact) mass is 1220 g/mol. The van der Waals surface area contributed by atoms with Crippen molar-refractivity contribution in [3.63, 3.8) is 0 Å². The van der Waals surface area contributed by atoms with Gasteiger partial charge in [-0.2, -0.15) is 0 Å². The van der Waals surface area contributed by atoms with Crippen LogP contribution >= 0.6 is 0 Å². The molecule has 37 nitrogen and oxygen atoms in total. The van der Waals surface area contributed by atoms with E-state index in [1.807, 2.05) is 0 Å². The largest absolute Gasteiger partial charge is 0.394 e. The molecule has 7 aliphatic rings. The van der Waals surface area contributed by atoms with E-state index in [9.17, 15) is 112 Å². The second kappa shape index (κ2) is 29.3. The van der Waals surface area contributed by atoms with Gasteiger partial charge in [-0.3, -0.25) is 9.59 Å². The number of hydrogen-bond donors (Lipinski definition) is 22. The van der Waals surface area contributed by atoms with Gasteiger partial charge < -0.3 is 174 Å². The molecule has 37 heteroatoms. The van der Waals surface area contributed by atoms with E-state index in [0.29, 0.717) is 0 Å². The molecule has 0 spiro atoms. The molecule has 35 atom stereocenters. The van der Waals surface area contributed by atoms with Gasteiger partial charge in [0.1, 0.15) is 165 Å². The van der Waals surface area contributed by atoms with Crippen molar-refractivity contribution in [2.75, 3.05) is 39.6 Å². The molecule has 1 unspecified atom stereocenters. The highest BCUT2D eigenvalue weighted by molar-refractivity contribution is 5.73. The number of aliphatic hydroxyl groups is 20. The van der Waals surface area contributed by atoms with Gasteiger partial charge in [0.2, 0.25) is 11.8 Å². The van der Waals surface area contributed by atoms with Crippen LogP contribution < -0.4 is 10.6 Å². The maximum Gasteiger partial charge on any atom is 0.217 e. The highest BCUT2D eigenvalue weighted by atomic mass is 16.8. The van der Waals surface area contributed by atoms with E-state index in [2.05, 4.69) is 10.6 Å². The number of rotatable bonds is 20. The first-order valence-electron chi connectivity index (χ1n) is 26.5. The van der Waals surface area contributed by atoms with Crippen molar-refractivity contribution in [3.8, 4) is 0 Å². The fraction of sp³-hybridized carbons (Fsp3) is 0.957. The molecule has 0 radical (unpaired) electrons. The molecule has 0 aromatic carbocycles. The van der Waals surface area contributed by atoms with Crippen LogP contribution in [-0.2, 0) is 71.2 Å². The molecule has 482 valence electrons. The second-order valence-electron chi connectivity index (χ2n) is 21.1. The Hall–Kier alpha value is -2.38. The van der Waals surface area contributed by atoms with Crippen LogP contribution in [0.5, 0.6) is 0 Å². The molecule has 0 saturated carbocycles. The number of carbonyl (C=O) groups excluding carboxylic acids is 2. The number of nitrogens with one attached hydrogen (secondary N) is 2. The highest BCUT2D eigenvalue weighted by Gasteiger charge is 2.58. The third-order valence-corrected chi connectivity index (χ3v) is 15.3. The Morgan fingerprint density at radius 1 is 0.337 bits per heavy atom. The summed E-state index contributed by atoms with van der Waals surface area (Å²) in [6, 6.07) is -3.59. The highest BCUT2D eigenvalue weighted by Crippen LogP contribution is 2.37. The summed E-state index contributed by atoms with van der Waals surface area (Å²) in [5.74, 6) is -1.74. The van der Waals surface area contributed by atoms with Gasteiger partial charge in [-0.05, 0) is 6.92 Å². The molecule has 0 aliphatic carbocycles. The normalized spacial score (nSPS) is 50.8. The van der Waals surface area contributed by atoms with Crippen LogP contribution in [-0.4, -0.2) is 368 Å². The van der Waals surface area contributed by atoms with Crippen LogP contribution in [0.4, 0.5) is 0 Å². The Bertz CT molecular complexity index is 2040. The van der Waals surface area contributed by atoms with E-state index in [0.717, 1.165) is 13.8 Å². The number of ether oxygens (including phenoxy) is 13. The lowest BCUT2D eigenvalue weighted by molar-refractivity contribution is -0.388. The first-order chi connectivity index (χ1) is 39.2. The summed E-state index contributed by atoms with van der Waals surface area (Å²) in [4.78, 5) is 25.4. The Morgan fingerprint density at radius 2 is 0.711 bits per heavy atom. The van der Waals surface area contributed by atoms with E-state index in [1.165, 1.54) is 6.92 Å². The summed E-state index contributed by atoms with van der Waals surface area (Å²) in [5.41, 5.74) is 0. The van der Waals surface area contributed by atoms with Crippen molar-refractivity contribution in [2.45, 2.75) is 236 Å². The molecule has 0 bridgehead atoms. The van der Waals surface area contributed by atoms with E-state index in [-0.39, 0.29) is 0 Å². The molecular weight excluding hydrogens is 1140 g/mol. The third-order valence-electron chi connectivity index (χ3n) is 15.3. The lowest BCUT2D eigenvalue weighted by Gasteiger charge is -2.50. The summed E-state index contributed by atoms with van der Waals surface area (Å²) in [6.45, 7) is -2.63. The predicted molar refractivity (Wildman–Crippen MR) is 254 cm³/mol. The van der Waals surface area contributed by atoms with E-state index in [1.54, 1.807) is 0 Å². The number of hydrogen-bond acceptors (Lipinski definition) is 35. The van der Waals surface area contributed by atoms with E-state index in [4.69, 9.17) is 61.6 Å². The van der Waals surface area contributed by atoms with E-state index >= 15 is 0 Å². The molecule has 2 amide bonds. The van der Waals surface area contributed by atoms with Gasteiger partial charge >= 0.3 is 0 Å². The van der Waals surface area contributed by atoms with Gasteiger partial charge in [-0.1, -0.05) is 0 Å². The summed E-state index contributed by atoms with van der Waals surface area (Å²) >= 11 is 0. The van der Waals surface area contributed by atoms with Crippen LogP contribution in [0.1, 0.15) is 20.8 Å². The van der Waals surface area contributed by atoms with Crippen molar-refractivity contribution in [1.29, 1.82) is 0 Å². The number of aliphatic hydroxyl groups excluding tert-OH is 20. The van der Waals surface area contributed by atoms with Gasteiger partial charge in [0.05, 0.1) is 45.7 Å². The Balaban J connectivity index is 1.15. The number of carbonyl (C=O) groups is 2. The molecule has 22 N–H and O–H groups in total. The first-order valence-corrected chi connectivity index (χ1v) is 26.5. The second-order valence-corrected chi connectivity index (χ2v) is 21.1. The van der Waals surface area contributed by atoms with Crippen molar-refractivity contribution >= 4 is 11.8 Å². The first kappa shape index (κ1) is 68.1. The SMILES string of the molecule is CC(=O)N[C@H]1[C@H](O[C@H]2[C@@H](O)[C@@H](CO[C@@H]3O[C@H](CO)[C@@H](O[C@@H]4O[C@H](CO)[C@H](O)[C@H](O)[C@H]4O[C@@H]4O[C@@H](C)[C@@H](O)[C@@H](O)[C@@H]4O)[C@H](O)[C@H]3NC(C)=O)O[C@@H](O[C@H]3[C@H](O)[C@@H](O)C(O)O[C@@H]3CO)[C@@H]2O)O[C@H](CO)[C@@H](O[C@@H]2O[C@H](CO)[C@H](O)[C@H](O)[C@H]2O)[C@@H]1O. The molecule has 0 aromatic rings. The maximum absolute atomic E-state index is 12.8. The van der Waals surface area contributed by atoms with Gasteiger partial charge in [0.25, 0.3) is 0 Å². The molecule has 7 heterocycles. The zero-order valence-electron chi connectivity index (χ0n) is 44.5. The predicted octanol–water partition coefficient (Wildman–Crippen LogP) is -15.0. The van der Waals surface area contributed by atoms with Crippen molar-refractivity contribution in [2.24, 2.45) is 0 Å². The molecule has 0 aromatic heterocycles. The van der Waals surface area contributed by atoms with Crippen molar-refractivity contribution in [3.05, 3.63) is 0 Å². The van der Waals surface area contributed by atoms with Crippen molar-refractivity contribution in [1.82, 2.24) is 10.6 Å². The summed E-state index contributed by atoms with van der Waals surface area (Å²) in [5, 5.41) is 220. The minimum Gasteiger partial charge on any atom is -0.394 e. The average molecular weight is 1220 g/mol. The molecule has 7 rings (SSSR count). The standard InChI is InChI=1S/C46H78N2O35/c1-10-21(56)27(62)32(67)43(72-10)83-39-29(64)23(58)14(5-50)75-46(39)81-36-16(7-52)76-41(19(25(36)60)47-11(2)54)71-9-18-24(59)38(34(69)45(78-18)80-37-15(6-51)73-40(70)31(66)30(37)65)82-42-20(48-12(3)55)26(61)35(17(8-53)77-42)79-44-33(68)28(63)22(57)13(4-49)74-44/h10,13-46,49-53,56-70H,4-9H2,1-3H3,(H,47,54)(H,48,55)/t10-,13+,14+,15+,16+,17+,18+,19+,20+,21+,22-,23-,24-,25+,26+,27+,28-,29-,30+,31+,32-,33+,34+,35+,36+,37+,38-,39+,40?,41+,42-,43-,44-,45-,46-/m0/s1. The van der Waals surface area contributed by atoms with Crippen LogP contribution in [0, 0.1) is 0 Å². The fourth-order valence-corrected chi connectivity index (χ4v) is 10.6. The van der Waals surface area contributed by atoms with Crippen LogP contribution in [0.15, 0.2) is 0 Å². The number of amides is 2. The maximum atomic E-state index is 12.8. The van der Waals surface area contributed by atoms with Gasteiger partial charge in [-0.25, -0.2) is 0 Å².